The van der Waals surface area contributed by atoms with Crippen LogP contribution in [0.15, 0.2) is 146 Å². The van der Waals surface area contributed by atoms with Gasteiger partial charge in [-0.2, -0.15) is 0 Å². The maximum atomic E-state index is 11.6. The topological polar surface area (TPSA) is 149 Å². The summed E-state index contributed by atoms with van der Waals surface area (Å²) >= 11 is 0. The predicted octanol–water partition coefficient (Wildman–Crippen LogP) is 9.82. The average molecular weight is 735 g/mol. The molecule has 1 aliphatic heterocycles. The molecular weight excluding hydrogens is 701 g/mol. The van der Waals surface area contributed by atoms with Crippen LogP contribution >= 0.6 is 0 Å². The quantitative estimate of drug-likeness (QED) is 0.0764. The lowest BCUT2D eigenvalue weighted by Gasteiger charge is -2.13. The summed E-state index contributed by atoms with van der Waals surface area (Å²) in [5, 5.41) is 23.3. The number of non-ortho nitro benzene ring substituents is 2. The fraction of sp³-hybridized carbons (Fsp3) is 0.0435. The van der Waals surface area contributed by atoms with Gasteiger partial charge in [-0.15, -0.1) is 0 Å². The average Bonchev–Trinajstić information content (AvgIpc) is 4.05. The van der Waals surface area contributed by atoms with E-state index >= 15 is 0 Å². The van der Waals surface area contributed by atoms with Crippen LogP contribution in [0.2, 0.25) is 0 Å². The van der Waals surface area contributed by atoms with Crippen LogP contribution in [0.3, 0.4) is 0 Å². The summed E-state index contributed by atoms with van der Waals surface area (Å²) in [5.74, 6) is 3.58. The standard InChI is InChI=1S/C46H34N6O4/c1-27-3-7-29(8-4-27)43-35-19-23-39(47-35)45(31-11-15-33(16-12-31)51(53)54)41-25-21-37(49-41)44(30-9-5-28(2)6-10-30)38-22-26-42(50-38)46(40-24-20-36(43)48-40)32-13-17-34(18-14-32)52(55)56/h3-26,47-50H,1-2H3/q+4. The molecule has 268 valence electrons. The van der Waals surface area contributed by atoms with Gasteiger partial charge in [-0.25, -0.2) is 0 Å². The van der Waals surface area contributed by atoms with Crippen LogP contribution in [0.1, 0.15) is 78.9 Å². The lowest BCUT2D eigenvalue weighted by atomic mass is 9.92. The van der Waals surface area contributed by atoms with Gasteiger partial charge in [0.1, 0.15) is 69.2 Å². The molecule has 8 aromatic rings. The molecule has 0 spiro atoms. The van der Waals surface area contributed by atoms with Crippen molar-refractivity contribution in [2.45, 2.75) is 13.8 Å². The lowest BCUT2D eigenvalue weighted by Crippen LogP contribution is -2.12. The molecule has 9 rings (SSSR count). The summed E-state index contributed by atoms with van der Waals surface area (Å²) in [6.07, 6.45) is 0. The Morgan fingerprint density at radius 2 is 0.536 bits per heavy atom. The summed E-state index contributed by atoms with van der Waals surface area (Å²) < 4.78 is 0. The first-order valence-electron chi connectivity index (χ1n) is 18.1. The second-order valence-corrected chi connectivity index (χ2v) is 14.0. The summed E-state index contributed by atoms with van der Waals surface area (Å²) in [7, 11) is 0. The zero-order valence-corrected chi connectivity index (χ0v) is 30.4. The molecule has 10 nitrogen and oxygen atoms in total. The third-order valence-corrected chi connectivity index (χ3v) is 10.3. The van der Waals surface area contributed by atoms with Gasteiger partial charge in [-0.05, 0) is 49.2 Å². The fourth-order valence-electron chi connectivity index (χ4n) is 7.51. The number of aromatic amines is 4. The number of nitrogens with one attached hydrogen (secondary N) is 4. The monoisotopic (exact) mass is 734 g/mol. The first kappa shape index (κ1) is 34.1. The van der Waals surface area contributed by atoms with Crippen molar-refractivity contribution in [3.8, 4) is 0 Å². The Hall–Kier alpha value is -7.72. The highest BCUT2D eigenvalue weighted by Gasteiger charge is 2.37. The molecule has 0 atom stereocenters. The van der Waals surface area contributed by atoms with Gasteiger partial charge >= 0.3 is 0 Å². The third kappa shape index (κ3) is 6.14. The van der Waals surface area contributed by atoms with Crippen LogP contribution in [0.4, 0.5) is 11.4 Å². The Morgan fingerprint density at radius 1 is 0.339 bits per heavy atom. The van der Waals surface area contributed by atoms with Crippen molar-refractivity contribution in [1.29, 1.82) is 0 Å². The minimum atomic E-state index is -0.391. The Morgan fingerprint density at radius 3 is 0.732 bits per heavy atom. The van der Waals surface area contributed by atoms with Gasteiger partial charge in [0.25, 0.3) is 11.4 Å². The van der Waals surface area contributed by atoms with Gasteiger partial charge in [0.15, 0.2) is 0 Å². The van der Waals surface area contributed by atoms with Gasteiger partial charge in [0.2, 0.25) is 0 Å². The van der Waals surface area contributed by atoms with Crippen LogP contribution in [-0.4, -0.2) is 29.8 Å². The van der Waals surface area contributed by atoms with Gasteiger partial charge < -0.3 is 19.9 Å². The molecule has 0 saturated heterocycles. The SMILES string of the molecule is Cc1ccc([C+]2c3ccc([nH]3)[C+](c3ccc([N+](=O)[O-])cc3)c3ccc([nH]3)[C+](c3ccc(C)cc3)c3ccc([nH]3)[C+](c3ccc([N+](=O)[O-])cc3)c3ccc2[nH]3)cc1. The molecule has 4 aromatic carbocycles. The van der Waals surface area contributed by atoms with Crippen molar-refractivity contribution >= 4 is 11.4 Å². The molecule has 0 fully saturated rings. The van der Waals surface area contributed by atoms with E-state index in [1.807, 2.05) is 24.3 Å². The molecule has 0 saturated carbocycles. The minimum absolute atomic E-state index is 0.0156. The molecule has 10 heteroatoms. The number of rotatable bonds is 6. The molecule has 8 bridgehead atoms. The molecular formula is C46H34N6O4+4. The van der Waals surface area contributed by atoms with E-state index < -0.39 is 9.85 Å². The largest absolute Gasteiger partial charge is 0.327 e. The smallest absolute Gasteiger partial charge is 0.284 e. The zero-order chi connectivity index (χ0) is 38.5. The first-order valence-corrected chi connectivity index (χ1v) is 18.1. The highest BCUT2D eigenvalue weighted by atomic mass is 16.6. The molecule has 4 N–H and O–H groups in total. The van der Waals surface area contributed by atoms with Crippen LogP contribution in [0.25, 0.3) is 0 Å². The number of fused-ring (bicyclic) bond motifs is 8. The molecule has 0 unspecified atom stereocenters. The van der Waals surface area contributed by atoms with Crippen molar-refractivity contribution < 1.29 is 9.85 Å². The molecule has 4 aromatic heterocycles. The number of aromatic nitrogens is 4. The third-order valence-electron chi connectivity index (χ3n) is 10.3. The summed E-state index contributed by atoms with van der Waals surface area (Å²) in [4.78, 5) is 37.4. The van der Waals surface area contributed by atoms with E-state index in [1.54, 1.807) is 24.3 Å². The van der Waals surface area contributed by atoms with Crippen molar-refractivity contribution in [3.05, 3.63) is 268 Å². The second-order valence-electron chi connectivity index (χ2n) is 14.0. The van der Waals surface area contributed by atoms with Gasteiger partial charge in [-0.3, -0.25) is 20.2 Å². The number of H-pyrrole nitrogens is 4. The second kappa shape index (κ2) is 13.6. The number of hydrogen-bond donors (Lipinski definition) is 4. The molecule has 1 aliphatic rings. The van der Waals surface area contributed by atoms with Crippen LogP contribution < -0.4 is 0 Å². The number of nitro groups is 2. The van der Waals surface area contributed by atoms with Gasteiger partial charge in [-0.1, -0.05) is 0 Å². The minimum Gasteiger partial charge on any atom is -0.327 e. The summed E-state index contributed by atoms with van der Waals surface area (Å²) in [6, 6.07) is 46.4. The predicted molar refractivity (Wildman–Crippen MR) is 214 cm³/mol. The van der Waals surface area contributed by atoms with E-state index in [0.717, 1.165) is 103 Å². The lowest BCUT2D eigenvalue weighted by molar-refractivity contribution is -0.385. The highest BCUT2D eigenvalue weighted by molar-refractivity contribution is 5.64. The molecule has 0 radical (unpaired) electrons. The molecule has 0 amide bonds. The molecule has 5 heterocycles. The Balaban J connectivity index is 1.28. The normalized spacial score (nSPS) is 12.6. The zero-order valence-electron chi connectivity index (χ0n) is 30.4. The number of benzene rings is 4. The van der Waals surface area contributed by atoms with E-state index in [9.17, 15) is 20.2 Å². The van der Waals surface area contributed by atoms with Crippen LogP contribution in [0.5, 0.6) is 0 Å². The Bertz CT molecular complexity index is 2410. The van der Waals surface area contributed by atoms with E-state index in [-0.39, 0.29) is 11.4 Å². The summed E-state index contributed by atoms with van der Waals surface area (Å²) in [6.45, 7) is 4.11. The maximum Gasteiger partial charge on any atom is 0.284 e. The van der Waals surface area contributed by atoms with E-state index in [1.165, 1.54) is 24.3 Å². The first-order chi connectivity index (χ1) is 27.2. The van der Waals surface area contributed by atoms with E-state index in [0.29, 0.717) is 0 Å². The highest BCUT2D eigenvalue weighted by Crippen LogP contribution is 2.40. The number of nitrogens with zero attached hydrogens (tertiary/aromatic N) is 2. The van der Waals surface area contributed by atoms with Crippen LogP contribution in [0, 0.1) is 57.7 Å². The van der Waals surface area contributed by atoms with Crippen LogP contribution in [-0.2, 0) is 0 Å². The summed E-state index contributed by atoms with van der Waals surface area (Å²) in [5.41, 5.74) is 12.6. The Labute approximate surface area is 322 Å². The van der Waals surface area contributed by atoms with Crippen molar-refractivity contribution in [1.82, 2.24) is 19.9 Å². The van der Waals surface area contributed by atoms with Crippen molar-refractivity contribution in [2.24, 2.45) is 0 Å². The number of nitro benzene ring substituents is 2. The van der Waals surface area contributed by atoms with E-state index in [2.05, 4.69) is 107 Å². The molecule has 0 aliphatic carbocycles. The van der Waals surface area contributed by atoms with E-state index in [4.69, 9.17) is 0 Å². The number of aryl methyl sites for hydroxylation is 2. The van der Waals surface area contributed by atoms with Crippen molar-refractivity contribution in [3.63, 3.8) is 0 Å². The maximum absolute atomic E-state index is 11.6. The van der Waals surface area contributed by atoms with Gasteiger partial charge in [0.05, 0.1) is 105 Å². The fourth-order valence-corrected chi connectivity index (χ4v) is 7.51. The Kier molecular flexibility index (Phi) is 8.28. The number of hydrogen-bond acceptors (Lipinski definition) is 4. The molecule has 56 heavy (non-hydrogen) atoms. The van der Waals surface area contributed by atoms with Gasteiger partial charge in [0, 0.05) is 48.5 Å². The van der Waals surface area contributed by atoms with Crippen molar-refractivity contribution in [2.75, 3.05) is 0 Å².